The van der Waals surface area contributed by atoms with Crippen LogP contribution in [0, 0.1) is 21.0 Å². The van der Waals surface area contributed by atoms with Gasteiger partial charge in [0, 0.05) is 11.4 Å². The minimum Gasteiger partial charge on any atom is -0.492 e. The first-order valence-corrected chi connectivity index (χ1v) is 10.9. The van der Waals surface area contributed by atoms with Crippen molar-refractivity contribution in [2.75, 3.05) is 12.4 Å². The minimum atomic E-state index is -0.204. The Morgan fingerprint density at radius 2 is 1.85 bits per heavy atom. The number of halogens is 2. The molecule has 0 fully saturated rings. The predicted octanol–water partition coefficient (Wildman–Crippen LogP) is 3.94. The minimum absolute atomic E-state index is 0.204. The Labute approximate surface area is 184 Å². The molecule has 1 aromatic heterocycles. The van der Waals surface area contributed by atoms with Crippen LogP contribution in [-0.2, 0) is 4.79 Å². The number of thioether (sulfide) groups is 1. The van der Waals surface area contributed by atoms with Crippen LogP contribution in [0.3, 0.4) is 0 Å². The Balaban J connectivity index is 1.90. The van der Waals surface area contributed by atoms with Gasteiger partial charge in [-0.05, 0) is 89.7 Å². The predicted molar refractivity (Wildman–Crippen MR) is 121 cm³/mol. The van der Waals surface area contributed by atoms with Gasteiger partial charge in [-0.2, -0.15) is 5.10 Å². The lowest BCUT2D eigenvalue weighted by Gasteiger charge is -2.09. The molecule has 9 heteroatoms. The van der Waals surface area contributed by atoms with Gasteiger partial charge in [0.1, 0.15) is 5.75 Å². The van der Waals surface area contributed by atoms with Crippen LogP contribution in [0.15, 0.2) is 28.5 Å². The molecular weight excluding hydrogens is 578 g/mol. The fourth-order valence-electron chi connectivity index (χ4n) is 2.04. The zero-order chi connectivity index (χ0) is 19.1. The summed E-state index contributed by atoms with van der Waals surface area (Å²) in [6.45, 7) is 6.39. The quantitative estimate of drug-likeness (QED) is 0.173. The van der Waals surface area contributed by atoms with E-state index in [9.17, 15) is 4.79 Å². The second-order valence-electron chi connectivity index (χ2n) is 5.26. The van der Waals surface area contributed by atoms with Crippen molar-refractivity contribution < 1.29 is 9.53 Å². The van der Waals surface area contributed by atoms with E-state index in [4.69, 9.17) is 4.74 Å². The van der Waals surface area contributed by atoms with Gasteiger partial charge in [0.15, 0.2) is 5.16 Å². The van der Waals surface area contributed by atoms with Gasteiger partial charge in [-0.15, -0.1) is 0 Å². The Bertz CT molecular complexity index is 787. The summed E-state index contributed by atoms with van der Waals surface area (Å²) in [6, 6.07) is 5.82. The summed E-state index contributed by atoms with van der Waals surface area (Å²) < 4.78 is 7.62. The maximum absolute atomic E-state index is 11.9. The van der Waals surface area contributed by atoms with Crippen LogP contribution in [-0.4, -0.2) is 34.4 Å². The summed E-state index contributed by atoms with van der Waals surface area (Å²) in [5.74, 6) is 0.877. The third-order valence-corrected chi connectivity index (χ3v) is 5.46. The average molecular weight is 596 g/mol. The Morgan fingerprint density at radius 1 is 1.23 bits per heavy atom. The largest absolute Gasteiger partial charge is 0.492 e. The molecule has 0 unspecified atom stereocenters. The first-order chi connectivity index (χ1) is 12.4. The first kappa shape index (κ1) is 21.4. The standard InChI is InChI=1S/C17H18I2N4O2S/c1-4-25-16-13(18)6-12(7-14(16)19)8-20-23-15(24)9-26-17-21-10(2)5-11(3)22-17/h5-8H,4,9H2,1-3H3,(H,23,24)/b20-8-. The molecule has 0 saturated heterocycles. The van der Waals surface area contributed by atoms with Gasteiger partial charge < -0.3 is 4.74 Å². The molecular formula is C17H18I2N4O2S. The van der Waals surface area contributed by atoms with Crippen LogP contribution in [0.4, 0.5) is 0 Å². The normalized spacial score (nSPS) is 11.0. The number of carbonyl (C=O) groups is 1. The van der Waals surface area contributed by atoms with E-state index < -0.39 is 0 Å². The van der Waals surface area contributed by atoms with Crippen molar-refractivity contribution in [3.05, 3.63) is 42.3 Å². The van der Waals surface area contributed by atoms with Crippen LogP contribution >= 0.6 is 56.9 Å². The number of aryl methyl sites for hydroxylation is 2. The van der Waals surface area contributed by atoms with Crippen molar-refractivity contribution in [2.24, 2.45) is 5.10 Å². The summed E-state index contributed by atoms with van der Waals surface area (Å²) in [5, 5.41) is 4.62. The number of hydrazone groups is 1. The van der Waals surface area contributed by atoms with Crippen LogP contribution in [0.1, 0.15) is 23.9 Å². The molecule has 1 N–H and O–H groups in total. The Kier molecular flexibility index (Phi) is 8.54. The fraction of sp³-hybridized carbons (Fsp3) is 0.294. The summed E-state index contributed by atoms with van der Waals surface area (Å²) >= 11 is 5.75. The topological polar surface area (TPSA) is 76.5 Å². The van der Waals surface area contributed by atoms with Crippen LogP contribution < -0.4 is 10.2 Å². The van der Waals surface area contributed by atoms with Gasteiger partial charge in [-0.1, -0.05) is 11.8 Å². The molecule has 138 valence electrons. The van der Waals surface area contributed by atoms with E-state index in [1.807, 2.05) is 39.0 Å². The maximum atomic E-state index is 11.9. The fourth-order valence-corrected chi connectivity index (χ4v) is 4.91. The van der Waals surface area contributed by atoms with E-state index in [0.717, 1.165) is 29.8 Å². The van der Waals surface area contributed by atoms with Crippen molar-refractivity contribution in [2.45, 2.75) is 25.9 Å². The molecule has 2 rings (SSSR count). The second kappa shape index (κ2) is 10.4. The number of hydrogen-bond donors (Lipinski definition) is 1. The maximum Gasteiger partial charge on any atom is 0.250 e. The number of benzene rings is 1. The van der Waals surface area contributed by atoms with Crippen molar-refractivity contribution in [3.8, 4) is 5.75 Å². The van der Waals surface area contributed by atoms with E-state index in [1.165, 1.54) is 11.8 Å². The van der Waals surface area contributed by atoms with Gasteiger partial charge >= 0.3 is 0 Å². The Hall–Kier alpha value is -0.950. The van der Waals surface area contributed by atoms with Crippen molar-refractivity contribution >= 4 is 69.1 Å². The third-order valence-electron chi connectivity index (χ3n) is 3.01. The highest BCUT2D eigenvalue weighted by molar-refractivity contribution is 14.1. The number of hydrogen-bond acceptors (Lipinski definition) is 6. The zero-order valence-corrected chi connectivity index (χ0v) is 19.7. The number of nitrogens with zero attached hydrogens (tertiary/aromatic N) is 3. The van der Waals surface area contributed by atoms with Gasteiger partial charge in [0.2, 0.25) is 0 Å². The molecule has 0 saturated carbocycles. The number of ether oxygens (including phenoxy) is 1. The molecule has 0 aliphatic carbocycles. The molecule has 6 nitrogen and oxygen atoms in total. The van der Waals surface area contributed by atoms with Crippen LogP contribution in [0.2, 0.25) is 0 Å². The lowest BCUT2D eigenvalue weighted by atomic mass is 10.2. The van der Waals surface area contributed by atoms with Crippen molar-refractivity contribution in [1.29, 1.82) is 0 Å². The summed E-state index contributed by atoms with van der Waals surface area (Å²) in [5.41, 5.74) is 5.20. The first-order valence-electron chi connectivity index (χ1n) is 7.78. The van der Waals surface area contributed by atoms with Gasteiger partial charge in [0.05, 0.1) is 25.7 Å². The van der Waals surface area contributed by atoms with Gasteiger partial charge in [0.25, 0.3) is 5.91 Å². The molecule has 0 bridgehead atoms. The van der Waals surface area contributed by atoms with E-state index >= 15 is 0 Å². The second-order valence-corrected chi connectivity index (χ2v) is 8.53. The highest BCUT2D eigenvalue weighted by atomic mass is 127. The van der Waals surface area contributed by atoms with Crippen molar-refractivity contribution in [3.63, 3.8) is 0 Å². The molecule has 0 spiro atoms. The van der Waals surface area contributed by atoms with E-state index in [1.54, 1.807) is 6.21 Å². The molecule has 26 heavy (non-hydrogen) atoms. The van der Waals surface area contributed by atoms with Crippen LogP contribution in [0.5, 0.6) is 5.75 Å². The molecule has 1 heterocycles. The molecule has 2 aromatic rings. The summed E-state index contributed by atoms with van der Waals surface area (Å²) in [4.78, 5) is 20.5. The van der Waals surface area contributed by atoms with E-state index in [2.05, 4.69) is 65.7 Å². The van der Waals surface area contributed by atoms with E-state index in [-0.39, 0.29) is 11.7 Å². The number of nitrogens with one attached hydrogen (secondary N) is 1. The number of amides is 1. The molecule has 0 aliphatic rings. The lowest BCUT2D eigenvalue weighted by Crippen LogP contribution is -2.19. The monoisotopic (exact) mass is 596 g/mol. The summed E-state index contributed by atoms with van der Waals surface area (Å²) in [7, 11) is 0. The number of carbonyl (C=O) groups excluding carboxylic acids is 1. The average Bonchev–Trinajstić information content (AvgIpc) is 2.55. The lowest BCUT2D eigenvalue weighted by molar-refractivity contribution is -0.118. The molecule has 1 amide bonds. The van der Waals surface area contributed by atoms with Gasteiger partial charge in [-0.25, -0.2) is 15.4 Å². The van der Waals surface area contributed by atoms with Crippen molar-refractivity contribution in [1.82, 2.24) is 15.4 Å². The smallest absolute Gasteiger partial charge is 0.250 e. The number of aromatic nitrogens is 2. The molecule has 0 aliphatic heterocycles. The van der Waals surface area contributed by atoms with E-state index in [0.29, 0.717) is 11.8 Å². The number of rotatable bonds is 7. The molecule has 0 atom stereocenters. The van der Waals surface area contributed by atoms with Gasteiger partial charge in [-0.3, -0.25) is 4.79 Å². The SMILES string of the molecule is CCOc1c(I)cc(/C=N\NC(=O)CSc2nc(C)cc(C)n2)cc1I. The highest BCUT2D eigenvalue weighted by Crippen LogP contribution is 2.28. The highest BCUT2D eigenvalue weighted by Gasteiger charge is 2.08. The zero-order valence-electron chi connectivity index (χ0n) is 14.5. The van der Waals surface area contributed by atoms with Crippen LogP contribution in [0.25, 0.3) is 0 Å². The molecule has 1 aromatic carbocycles. The molecule has 0 radical (unpaired) electrons. The third kappa shape index (κ3) is 6.65. The Morgan fingerprint density at radius 3 is 2.42 bits per heavy atom. The summed E-state index contributed by atoms with van der Waals surface area (Å²) in [6.07, 6.45) is 1.62.